The van der Waals surface area contributed by atoms with Gasteiger partial charge in [-0.15, -0.1) is 0 Å². The number of likely N-dealkylation sites (N-methyl/N-ethyl adjacent to an activating group) is 2. The highest BCUT2D eigenvalue weighted by Gasteiger charge is 2.32. The van der Waals surface area contributed by atoms with Crippen LogP contribution in [0.1, 0.15) is 39.5 Å². The molecular weight excluding hydrogens is 506 g/mol. The molecule has 210 valence electrons. The van der Waals surface area contributed by atoms with E-state index >= 15 is 0 Å². The summed E-state index contributed by atoms with van der Waals surface area (Å²) in [7, 11) is 1.71. The van der Waals surface area contributed by atoms with Crippen LogP contribution in [0.15, 0.2) is 36.4 Å². The van der Waals surface area contributed by atoms with Crippen LogP contribution in [0, 0.1) is 6.92 Å². The molecule has 2 aromatic carbocycles. The van der Waals surface area contributed by atoms with Crippen molar-refractivity contribution in [1.82, 2.24) is 25.6 Å². The molecule has 0 radical (unpaired) electrons. The van der Waals surface area contributed by atoms with Gasteiger partial charge in [0.1, 0.15) is 0 Å². The number of carbonyl (C=O) groups is 3. The standard InChI is InChI=1S/C28H36F2N6O3/c1-4-31-9-10-32-26(37)17-34(18-27(38)33(3)36-14-20-7-5-6-8-21(20)15-36)24-12-23-22(11-19(24)2)13-35(28(23)39)16-25(29)30/h5-8,11-12,25,31H,4,9-10,13-18H2,1-3H3,(H,32,37). The number of hydrazine groups is 1. The molecule has 3 amide bonds. The molecule has 0 saturated heterocycles. The summed E-state index contributed by atoms with van der Waals surface area (Å²) in [5.41, 5.74) is 4.62. The second-order valence-electron chi connectivity index (χ2n) is 9.94. The van der Waals surface area contributed by atoms with Gasteiger partial charge >= 0.3 is 0 Å². The lowest BCUT2D eigenvalue weighted by Crippen LogP contribution is -2.48. The van der Waals surface area contributed by atoms with Crippen molar-refractivity contribution in [1.29, 1.82) is 0 Å². The quantitative estimate of drug-likeness (QED) is 0.400. The first-order valence-corrected chi connectivity index (χ1v) is 13.2. The Balaban J connectivity index is 1.53. The number of nitrogens with one attached hydrogen (secondary N) is 2. The highest BCUT2D eigenvalue weighted by molar-refractivity contribution is 6.00. The number of halogens is 2. The Kier molecular flexibility index (Phi) is 9.13. The number of hydrogen-bond acceptors (Lipinski definition) is 6. The van der Waals surface area contributed by atoms with Crippen LogP contribution in [0.2, 0.25) is 0 Å². The summed E-state index contributed by atoms with van der Waals surface area (Å²) in [6.07, 6.45) is -2.63. The Bertz CT molecular complexity index is 1200. The molecule has 9 nitrogen and oxygen atoms in total. The van der Waals surface area contributed by atoms with Gasteiger partial charge in [0, 0.05) is 51.0 Å². The molecule has 0 atom stereocenters. The van der Waals surface area contributed by atoms with Crippen molar-refractivity contribution in [3.05, 3.63) is 64.2 Å². The summed E-state index contributed by atoms with van der Waals surface area (Å²) >= 11 is 0. The zero-order chi connectivity index (χ0) is 28.1. The highest BCUT2D eigenvalue weighted by atomic mass is 19.3. The molecule has 2 aromatic rings. The van der Waals surface area contributed by atoms with E-state index in [0.717, 1.165) is 28.1 Å². The van der Waals surface area contributed by atoms with E-state index in [1.165, 1.54) is 0 Å². The highest BCUT2D eigenvalue weighted by Crippen LogP contribution is 2.31. The molecule has 0 aromatic heterocycles. The normalized spacial score (nSPS) is 14.5. The SMILES string of the molecule is CCNCCNC(=O)CN(CC(=O)N(C)N1Cc2ccccc2C1)c1cc2c(cc1C)CN(CC(F)F)C2=O. The van der Waals surface area contributed by atoms with E-state index in [9.17, 15) is 23.2 Å². The monoisotopic (exact) mass is 542 g/mol. The maximum absolute atomic E-state index is 13.5. The topological polar surface area (TPSA) is 88.2 Å². The fourth-order valence-electron chi connectivity index (χ4n) is 5.06. The van der Waals surface area contributed by atoms with Gasteiger partial charge in [-0.3, -0.25) is 19.4 Å². The molecule has 2 aliphatic heterocycles. The van der Waals surface area contributed by atoms with Crippen LogP contribution < -0.4 is 15.5 Å². The van der Waals surface area contributed by atoms with Gasteiger partial charge in [-0.05, 0) is 41.8 Å². The Hall–Kier alpha value is -3.57. The van der Waals surface area contributed by atoms with Gasteiger partial charge in [-0.1, -0.05) is 37.3 Å². The molecule has 0 bridgehead atoms. The Morgan fingerprint density at radius 3 is 2.36 bits per heavy atom. The Morgan fingerprint density at radius 2 is 1.72 bits per heavy atom. The van der Waals surface area contributed by atoms with E-state index in [1.807, 2.05) is 43.1 Å². The molecule has 0 unspecified atom stereocenters. The summed E-state index contributed by atoms with van der Waals surface area (Å²) in [6.45, 7) is 6.14. The third-order valence-electron chi connectivity index (χ3n) is 7.14. The van der Waals surface area contributed by atoms with Crippen molar-refractivity contribution >= 4 is 23.4 Å². The third kappa shape index (κ3) is 6.72. The molecule has 0 saturated carbocycles. The van der Waals surface area contributed by atoms with E-state index in [2.05, 4.69) is 10.6 Å². The fraction of sp³-hybridized carbons (Fsp3) is 0.464. The van der Waals surface area contributed by atoms with E-state index in [0.29, 0.717) is 43.0 Å². The summed E-state index contributed by atoms with van der Waals surface area (Å²) in [4.78, 5) is 42.0. The second-order valence-corrected chi connectivity index (χ2v) is 9.94. The smallest absolute Gasteiger partial charge is 0.256 e. The molecule has 2 N–H and O–H groups in total. The van der Waals surface area contributed by atoms with Gasteiger partial charge in [0.05, 0.1) is 19.6 Å². The number of rotatable bonds is 12. The van der Waals surface area contributed by atoms with Crippen LogP contribution in [0.3, 0.4) is 0 Å². The first-order valence-electron chi connectivity index (χ1n) is 13.2. The fourth-order valence-corrected chi connectivity index (χ4v) is 5.06. The molecule has 2 aliphatic rings. The minimum Gasteiger partial charge on any atom is -0.353 e. The first-order chi connectivity index (χ1) is 18.7. The number of anilines is 1. The maximum atomic E-state index is 13.5. The summed E-state index contributed by atoms with van der Waals surface area (Å²) < 4.78 is 26.0. The molecule has 11 heteroatoms. The number of amides is 3. The Labute approximate surface area is 227 Å². The number of alkyl halides is 2. The summed E-state index contributed by atoms with van der Waals surface area (Å²) in [6, 6.07) is 11.4. The van der Waals surface area contributed by atoms with Crippen molar-refractivity contribution in [3.63, 3.8) is 0 Å². The molecule has 0 aliphatic carbocycles. The van der Waals surface area contributed by atoms with Gasteiger partial charge in [0.15, 0.2) is 0 Å². The maximum Gasteiger partial charge on any atom is 0.256 e. The molecule has 0 fully saturated rings. The lowest BCUT2D eigenvalue weighted by atomic mass is 10.0. The number of carbonyl (C=O) groups excluding carboxylic acids is 3. The van der Waals surface area contributed by atoms with Gasteiger partial charge in [0.25, 0.3) is 18.2 Å². The summed E-state index contributed by atoms with van der Waals surface area (Å²) in [5, 5.41) is 9.53. The summed E-state index contributed by atoms with van der Waals surface area (Å²) in [5.74, 6) is -0.948. The van der Waals surface area contributed by atoms with Crippen LogP contribution in [0.4, 0.5) is 14.5 Å². The van der Waals surface area contributed by atoms with Gasteiger partial charge in [0.2, 0.25) is 5.91 Å². The zero-order valence-corrected chi connectivity index (χ0v) is 22.7. The largest absolute Gasteiger partial charge is 0.353 e. The lowest BCUT2D eigenvalue weighted by Gasteiger charge is -2.32. The van der Waals surface area contributed by atoms with Crippen molar-refractivity contribution in [3.8, 4) is 0 Å². The van der Waals surface area contributed by atoms with Gasteiger partial charge in [-0.2, -0.15) is 0 Å². The van der Waals surface area contributed by atoms with Crippen molar-refractivity contribution in [2.24, 2.45) is 0 Å². The van der Waals surface area contributed by atoms with Crippen LogP contribution >= 0.6 is 0 Å². The molecule has 4 rings (SSSR count). The van der Waals surface area contributed by atoms with Crippen LogP contribution in [-0.2, 0) is 29.2 Å². The number of hydrogen-bond donors (Lipinski definition) is 2. The molecule has 0 spiro atoms. The zero-order valence-electron chi connectivity index (χ0n) is 22.7. The van der Waals surface area contributed by atoms with Crippen molar-refractivity contribution < 1.29 is 23.2 Å². The number of benzene rings is 2. The predicted octanol–water partition coefficient (Wildman–Crippen LogP) is 2.14. The number of fused-ring (bicyclic) bond motifs is 2. The first kappa shape index (κ1) is 28.4. The number of nitrogens with zero attached hydrogens (tertiary/aromatic N) is 4. The number of aryl methyl sites for hydroxylation is 1. The van der Waals surface area contributed by atoms with E-state index in [-0.39, 0.29) is 31.4 Å². The van der Waals surface area contributed by atoms with E-state index in [4.69, 9.17) is 0 Å². The molecule has 39 heavy (non-hydrogen) atoms. The second kappa shape index (κ2) is 12.5. The van der Waals surface area contributed by atoms with Crippen molar-refractivity contribution in [2.45, 2.75) is 39.9 Å². The van der Waals surface area contributed by atoms with Gasteiger partial charge in [-0.25, -0.2) is 13.8 Å². The molecular formula is C28H36F2N6O3. The Morgan fingerprint density at radius 1 is 1.03 bits per heavy atom. The average Bonchev–Trinajstić information content (AvgIpc) is 3.45. The minimum atomic E-state index is -2.63. The predicted molar refractivity (Wildman–Crippen MR) is 144 cm³/mol. The average molecular weight is 543 g/mol. The minimum absolute atomic E-state index is 0.0967. The van der Waals surface area contributed by atoms with E-state index < -0.39 is 18.9 Å². The third-order valence-corrected chi connectivity index (χ3v) is 7.14. The van der Waals surface area contributed by atoms with E-state index in [1.54, 1.807) is 29.1 Å². The lowest BCUT2D eigenvalue weighted by molar-refractivity contribution is -0.145. The molecule has 2 heterocycles. The van der Waals surface area contributed by atoms with Crippen LogP contribution in [-0.4, -0.2) is 85.4 Å². The van der Waals surface area contributed by atoms with Crippen LogP contribution in [0.5, 0.6) is 0 Å². The van der Waals surface area contributed by atoms with Gasteiger partial charge < -0.3 is 20.4 Å². The van der Waals surface area contributed by atoms with Crippen LogP contribution in [0.25, 0.3) is 0 Å². The van der Waals surface area contributed by atoms with Crippen molar-refractivity contribution in [2.75, 3.05) is 51.2 Å².